The molecule has 0 spiro atoms. The van der Waals surface area contributed by atoms with E-state index in [0.717, 1.165) is 18.9 Å². The van der Waals surface area contributed by atoms with E-state index in [1.807, 2.05) is 4.68 Å². The lowest BCUT2D eigenvalue weighted by Crippen LogP contribution is -2.42. The molecule has 0 saturated heterocycles. The Bertz CT molecular complexity index is 2070. The highest BCUT2D eigenvalue weighted by Crippen LogP contribution is 2.40. The van der Waals surface area contributed by atoms with Crippen molar-refractivity contribution in [3.05, 3.63) is 112 Å². The standard InChI is InChI=1S/C35H30F6N4O4/c1-33(2,47)24-14-28(43-31(29(24)38)22-13-23(35(39,40)41)26(37)15-25(22)36)34(48,20-7-5-4-6-8-20)17-42-32(46)18-11-19-16-45(21-9-10-21)44-30(19)27(12-18)49-3/h4-8,11-16,21,47-48H,9-10,17H2,1-3H3,(H,42,46)/t34-/m1/s1. The zero-order chi connectivity index (χ0) is 35.5. The van der Waals surface area contributed by atoms with Gasteiger partial charge < -0.3 is 20.3 Å². The number of hydrogen-bond acceptors (Lipinski definition) is 6. The first-order valence-corrected chi connectivity index (χ1v) is 15.1. The van der Waals surface area contributed by atoms with Gasteiger partial charge in [-0.3, -0.25) is 9.48 Å². The maximum absolute atomic E-state index is 16.0. The van der Waals surface area contributed by atoms with E-state index in [4.69, 9.17) is 4.74 Å². The van der Waals surface area contributed by atoms with Crippen LogP contribution < -0.4 is 10.1 Å². The van der Waals surface area contributed by atoms with Crippen LogP contribution in [0.4, 0.5) is 26.3 Å². The Morgan fingerprint density at radius 2 is 1.67 bits per heavy atom. The first kappa shape index (κ1) is 33.9. The number of nitrogens with one attached hydrogen (secondary N) is 1. The van der Waals surface area contributed by atoms with Gasteiger partial charge in [0.2, 0.25) is 0 Å². The number of fused-ring (bicyclic) bond motifs is 1. The van der Waals surface area contributed by atoms with E-state index in [1.165, 1.54) is 39.2 Å². The molecule has 0 radical (unpaired) electrons. The predicted octanol–water partition coefficient (Wildman–Crippen LogP) is 6.77. The van der Waals surface area contributed by atoms with E-state index in [1.54, 1.807) is 30.5 Å². The summed E-state index contributed by atoms with van der Waals surface area (Å²) in [5.74, 6) is -5.23. The second-order valence-corrected chi connectivity index (χ2v) is 12.5. The molecule has 6 rings (SSSR count). The van der Waals surface area contributed by atoms with Crippen LogP contribution in [0.2, 0.25) is 0 Å². The molecule has 1 aliphatic rings. The molecule has 1 atom stereocenters. The lowest BCUT2D eigenvalue weighted by Gasteiger charge is -2.31. The van der Waals surface area contributed by atoms with Gasteiger partial charge in [0.25, 0.3) is 5.91 Å². The third kappa shape index (κ3) is 6.45. The summed E-state index contributed by atoms with van der Waals surface area (Å²) in [5, 5.41) is 31.0. The highest BCUT2D eigenvalue weighted by molar-refractivity contribution is 6.00. The number of methoxy groups -OCH3 is 1. The number of alkyl halides is 3. The summed E-state index contributed by atoms with van der Waals surface area (Å²) in [6.07, 6.45) is -1.51. The molecule has 1 fully saturated rings. The summed E-state index contributed by atoms with van der Waals surface area (Å²) in [5.41, 5.74) is -8.53. The van der Waals surface area contributed by atoms with Crippen LogP contribution in [0.3, 0.4) is 0 Å². The number of pyridine rings is 1. The molecular formula is C35H30F6N4O4. The van der Waals surface area contributed by atoms with Gasteiger partial charge >= 0.3 is 6.18 Å². The maximum Gasteiger partial charge on any atom is 0.419 e. The van der Waals surface area contributed by atoms with Gasteiger partial charge in [-0.1, -0.05) is 30.3 Å². The van der Waals surface area contributed by atoms with Crippen molar-refractivity contribution in [3.8, 4) is 17.0 Å². The lowest BCUT2D eigenvalue weighted by atomic mass is 9.86. The van der Waals surface area contributed by atoms with Crippen LogP contribution in [0.25, 0.3) is 22.2 Å². The molecule has 0 bridgehead atoms. The van der Waals surface area contributed by atoms with Crippen molar-refractivity contribution in [3.63, 3.8) is 0 Å². The number of benzene rings is 3. The van der Waals surface area contributed by atoms with Crippen LogP contribution in [0.1, 0.15) is 65.5 Å². The molecule has 3 N–H and O–H groups in total. The Morgan fingerprint density at radius 1 is 0.980 bits per heavy atom. The number of nitrogens with zero attached hydrogens (tertiary/aromatic N) is 3. The first-order valence-electron chi connectivity index (χ1n) is 15.1. The van der Waals surface area contributed by atoms with Crippen molar-refractivity contribution in [1.29, 1.82) is 0 Å². The highest BCUT2D eigenvalue weighted by atomic mass is 19.4. The molecule has 49 heavy (non-hydrogen) atoms. The highest BCUT2D eigenvalue weighted by Gasteiger charge is 2.39. The van der Waals surface area contributed by atoms with Crippen molar-refractivity contribution in [2.45, 2.75) is 50.1 Å². The number of aromatic nitrogens is 3. The molecule has 2 aromatic heterocycles. The van der Waals surface area contributed by atoms with E-state index in [9.17, 15) is 32.6 Å². The van der Waals surface area contributed by atoms with E-state index in [0.29, 0.717) is 16.7 Å². The summed E-state index contributed by atoms with van der Waals surface area (Å²) >= 11 is 0. The average Bonchev–Trinajstić information content (AvgIpc) is 3.81. The van der Waals surface area contributed by atoms with Gasteiger partial charge in [0, 0.05) is 34.3 Å². The molecule has 0 unspecified atom stereocenters. The summed E-state index contributed by atoms with van der Waals surface area (Å²) in [4.78, 5) is 17.7. The number of amides is 1. The number of rotatable bonds is 9. The van der Waals surface area contributed by atoms with Crippen molar-refractivity contribution in [2.75, 3.05) is 13.7 Å². The molecule has 1 aliphatic carbocycles. The largest absolute Gasteiger partial charge is 0.494 e. The van der Waals surface area contributed by atoms with Crippen LogP contribution in [-0.4, -0.2) is 44.5 Å². The fourth-order valence-electron chi connectivity index (χ4n) is 5.61. The smallest absolute Gasteiger partial charge is 0.419 e. The Morgan fingerprint density at radius 3 is 2.29 bits per heavy atom. The SMILES string of the molecule is COc1cc(C(=O)NC[C@@](O)(c2ccccc2)c2cc(C(C)(C)O)c(F)c(-c3cc(C(F)(F)F)c(F)cc3F)n2)cc2cn(C3CC3)nc12. The Balaban J connectivity index is 1.46. The van der Waals surface area contributed by atoms with Crippen LogP contribution in [0.5, 0.6) is 5.75 Å². The number of carbonyl (C=O) groups excluding carboxylic acids is 1. The average molecular weight is 685 g/mol. The van der Waals surface area contributed by atoms with Gasteiger partial charge in [-0.15, -0.1) is 0 Å². The van der Waals surface area contributed by atoms with Gasteiger partial charge in [0.1, 0.15) is 34.2 Å². The van der Waals surface area contributed by atoms with Crippen molar-refractivity contribution < 1.29 is 46.1 Å². The van der Waals surface area contributed by atoms with Gasteiger partial charge in [-0.2, -0.15) is 18.3 Å². The monoisotopic (exact) mass is 684 g/mol. The zero-order valence-electron chi connectivity index (χ0n) is 26.4. The third-order valence-corrected chi connectivity index (χ3v) is 8.41. The van der Waals surface area contributed by atoms with Crippen LogP contribution in [0.15, 0.2) is 66.9 Å². The molecule has 1 amide bonds. The summed E-state index contributed by atoms with van der Waals surface area (Å²) < 4.78 is 93.4. The van der Waals surface area contributed by atoms with E-state index < -0.39 is 75.4 Å². The Kier molecular flexibility index (Phi) is 8.44. The third-order valence-electron chi connectivity index (χ3n) is 8.41. The van der Waals surface area contributed by atoms with Crippen LogP contribution in [-0.2, 0) is 17.4 Å². The minimum absolute atomic E-state index is 0.0429. The molecule has 3 aromatic carbocycles. The molecule has 14 heteroatoms. The minimum atomic E-state index is -5.27. The molecular weight excluding hydrogens is 654 g/mol. The maximum atomic E-state index is 16.0. The quantitative estimate of drug-likeness (QED) is 0.148. The molecule has 8 nitrogen and oxygen atoms in total. The number of hydrogen-bond donors (Lipinski definition) is 3. The second-order valence-electron chi connectivity index (χ2n) is 12.5. The molecule has 0 aliphatic heterocycles. The Hall–Kier alpha value is -4.95. The van der Waals surface area contributed by atoms with Crippen molar-refractivity contribution in [2.24, 2.45) is 0 Å². The van der Waals surface area contributed by atoms with Crippen LogP contribution >= 0.6 is 0 Å². The predicted molar refractivity (Wildman–Crippen MR) is 166 cm³/mol. The van der Waals surface area contributed by atoms with Crippen molar-refractivity contribution in [1.82, 2.24) is 20.1 Å². The summed E-state index contributed by atoms with van der Waals surface area (Å²) in [7, 11) is 1.43. The number of ether oxygens (including phenoxy) is 1. The Labute approximate surface area is 276 Å². The topological polar surface area (TPSA) is 110 Å². The fourth-order valence-corrected chi connectivity index (χ4v) is 5.61. The van der Waals surface area contributed by atoms with E-state index in [-0.39, 0.29) is 29.3 Å². The van der Waals surface area contributed by atoms with Crippen molar-refractivity contribution >= 4 is 16.8 Å². The van der Waals surface area contributed by atoms with Gasteiger partial charge in [0.15, 0.2) is 5.82 Å². The van der Waals surface area contributed by atoms with Gasteiger partial charge in [-0.25, -0.2) is 18.2 Å². The summed E-state index contributed by atoms with van der Waals surface area (Å²) in [6.45, 7) is 1.71. The fraction of sp³-hybridized carbons (Fsp3) is 0.286. The minimum Gasteiger partial charge on any atom is -0.494 e. The molecule has 1 saturated carbocycles. The number of carbonyl (C=O) groups is 1. The van der Waals surface area contributed by atoms with Crippen LogP contribution in [0, 0.1) is 17.5 Å². The zero-order valence-corrected chi connectivity index (χ0v) is 26.4. The van der Waals surface area contributed by atoms with E-state index >= 15 is 8.78 Å². The van der Waals surface area contributed by atoms with E-state index in [2.05, 4.69) is 15.4 Å². The van der Waals surface area contributed by atoms with Gasteiger partial charge in [0.05, 0.1) is 36.6 Å². The molecule has 256 valence electrons. The normalized spacial score (nSPS) is 14.9. The lowest BCUT2D eigenvalue weighted by molar-refractivity contribution is -0.140. The summed E-state index contributed by atoms with van der Waals surface area (Å²) in [6, 6.07) is 12.0. The first-order chi connectivity index (χ1) is 23.0. The second kappa shape index (κ2) is 12.2. The van der Waals surface area contributed by atoms with Gasteiger partial charge in [-0.05, 0) is 56.5 Å². The molecule has 5 aromatic rings. The number of aliphatic hydroxyl groups is 2. The number of halogens is 6. The molecule has 2 heterocycles.